The normalized spacial score (nSPS) is 15.9. The summed E-state index contributed by atoms with van der Waals surface area (Å²) in [6, 6.07) is -0.667. The molecule has 0 radical (unpaired) electrons. The highest BCUT2D eigenvalue weighted by atomic mass is 16.5. The molecule has 0 saturated heterocycles. The van der Waals surface area contributed by atoms with Crippen LogP contribution in [0.2, 0.25) is 0 Å². The number of nitrogens with zero attached hydrogens (tertiary/aromatic N) is 3. The van der Waals surface area contributed by atoms with Crippen LogP contribution < -0.4 is 0 Å². The molecule has 1 aliphatic carbocycles. The van der Waals surface area contributed by atoms with E-state index >= 15 is 0 Å². The summed E-state index contributed by atoms with van der Waals surface area (Å²) in [5, 5.41) is 12.7. The Balaban J connectivity index is 1.84. The summed E-state index contributed by atoms with van der Waals surface area (Å²) in [4.78, 5) is 28.8. The maximum absolute atomic E-state index is 12.2. The number of aliphatic carboxylic acids is 1. The maximum atomic E-state index is 12.2. The summed E-state index contributed by atoms with van der Waals surface area (Å²) in [5.74, 6) is 0.0152. The predicted molar refractivity (Wildman–Crippen MR) is 68.9 cm³/mol. The van der Waals surface area contributed by atoms with Crippen molar-refractivity contribution in [2.45, 2.75) is 58.0 Å². The standard InChI is InChI=1S/C13H19N3O4/c1-8(13(18)19)16(10-6-7-10)12(17)5-3-4-11-14-9(2)15-20-11/h8,10H,3-7H2,1-2H3,(H,18,19). The second-order valence-corrected chi connectivity index (χ2v) is 5.14. The molecule has 20 heavy (non-hydrogen) atoms. The summed E-state index contributed by atoms with van der Waals surface area (Å²) in [7, 11) is 0. The molecule has 1 aliphatic rings. The third-order valence-corrected chi connectivity index (χ3v) is 3.35. The van der Waals surface area contributed by atoms with Gasteiger partial charge in [0.1, 0.15) is 6.04 Å². The van der Waals surface area contributed by atoms with E-state index in [4.69, 9.17) is 9.63 Å². The van der Waals surface area contributed by atoms with Crippen LogP contribution in [0.4, 0.5) is 0 Å². The summed E-state index contributed by atoms with van der Waals surface area (Å²) in [6.45, 7) is 3.29. The van der Waals surface area contributed by atoms with E-state index in [0.29, 0.717) is 31.0 Å². The van der Waals surface area contributed by atoms with Gasteiger partial charge in [0.2, 0.25) is 11.8 Å². The molecule has 1 aromatic heterocycles. The predicted octanol–water partition coefficient (Wildman–Crippen LogP) is 1.16. The van der Waals surface area contributed by atoms with Gasteiger partial charge >= 0.3 is 5.97 Å². The fraction of sp³-hybridized carbons (Fsp3) is 0.692. The first-order chi connectivity index (χ1) is 9.49. The zero-order valence-corrected chi connectivity index (χ0v) is 11.7. The van der Waals surface area contributed by atoms with E-state index < -0.39 is 12.0 Å². The van der Waals surface area contributed by atoms with Crippen LogP contribution in [0.25, 0.3) is 0 Å². The number of hydrogen-bond donors (Lipinski definition) is 1. The molecule has 2 rings (SSSR count). The van der Waals surface area contributed by atoms with E-state index in [1.807, 2.05) is 0 Å². The Bertz CT molecular complexity index is 496. The number of carboxylic acids is 1. The van der Waals surface area contributed by atoms with Crippen molar-refractivity contribution in [3.8, 4) is 0 Å². The molecule has 110 valence electrons. The average Bonchev–Trinajstić information content (AvgIpc) is 3.12. The van der Waals surface area contributed by atoms with E-state index in [2.05, 4.69) is 10.1 Å². The Morgan fingerprint density at radius 3 is 2.70 bits per heavy atom. The van der Waals surface area contributed by atoms with Crippen molar-refractivity contribution in [2.24, 2.45) is 0 Å². The summed E-state index contributed by atoms with van der Waals surface area (Å²) in [6.07, 6.45) is 3.20. The van der Waals surface area contributed by atoms with Gasteiger partial charge < -0.3 is 14.5 Å². The van der Waals surface area contributed by atoms with Crippen molar-refractivity contribution >= 4 is 11.9 Å². The molecule has 1 saturated carbocycles. The highest BCUT2D eigenvalue weighted by Crippen LogP contribution is 2.29. The molecule has 7 nitrogen and oxygen atoms in total. The average molecular weight is 281 g/mol. The molecule has 0 aliphatic heterocycles. The van der Waals surface area contributed by atoms with Crippen molar-refractivity contribution in [1.29, 1.82) is 0 Å². The molecule has 1 amide bonds. The highest BCUT2D eigenvalue weighted by Gasteiger charge is 2.37. The monoisotopic (exact) mass is 281 g/mol. The third kappa shape index (κ3) is 3.55. The molecule has 0 spiro atoms. The Kier molecular flexibility index (Phi) is 4.36. The molecule has 0 aromatic carbocycles. The molecular weight excluding hydrogens is 262 g/mol. The van der Waals surface area contributed by atoms with Gasteiger partial charge in [0, 0.05) is 18.9 Å². The number of aromatic nitrogens is 2. The molecule has 1 unspecified atom stereocenters. The van der Waals surface area contributed by atoms with Gasteiger partial charge in [-0.2, -0.15) is 4.98 Å². The van der Waals surface area contributed by atoms with Crippen LogP contribution in [-0.4, -0.2) is 44.1 Å². The van der Waals surface area contributed by atoms with E-state index in [-0.39, 0.29) is 11.9 Å². The topological polar surface area (TPSA) is 96.5 Å². The third-order valence-electron chi connectivity index (χ3n) is 3.35. The molecule has 7 heteroatoms. The van der Waals surface area contributed by atoms with Gasteiger partial charge in [-0.15, -0.1) is 0 Å². The quantitative estimate of drug-likeness (QED) is 0.805. The van der Waals surface area contributed by atoms with Crippen LogP contribution in [-0.2, 0) is 16.0 Å². The summed E-state index contributed by atoms with van der Waals surface area (Å²) >= 11 is 0. The van der Waals surface area contributed by atoms with Gasteiger partial charge in [0.05, 0.1) is 0 Å². The highest BCUT2D eigenvalue weighted by molar-refractivity contribution is 5.83. The van der Waals surface area contributed by atoms with E-state index in [1.54, 1.807) is 13.8 Å². The van der Waals surface area contributed by atoms with Crippen molar-refractivity contribution in [3.63, 3.8) is 0 Å². The lowest BCUT2D eigenvalue weighted by Gasteiger charge is -2.26. The Morgan fingerprint density at radius 2 is 2.20 bits per heavy atom. The van der Waals surface area contributed by atoms with E-state index in [1.165, 1.54) is 4.90 Å². The van der Waals surface area contributed by atoms with Crippen molar-refractivity contribution in [2.75, 3.05) is 0 Å². The summed E-state index contributed by atoms with van der Waals surface area (Å²) < 4.78 is 4.97. The fourth-order valence-corrected chi connectivity index (χ4v) is 2.17. The number of carboxylic acid groups (broad SMARTS) is 1. The number of carbonyl (C=O) groups excluding carboxylic acids is 1. The maximum Gasteiger partial charge on any atom is 0.326 e. The lowest BCUT2D eigenvalue weighted by atomic mass is 10.2. The van der Waals surface area contributed by atoms with Crippen LogP contribution in [0, 0.1) is 6.92 Å². The first-order valence-corrected chi connectivity index (χ1v) is 6.82. The van der Waals surface area contributed by atoms with Gasteiger partial charge in [0.25, 0.3) is 0 Å². The van der Waals surface area contributed by atoms with Gasteiger partial charge in [-0.05, 0) is 33.1 Å². The molecule has 1 heterocycles. The van der Waals surface area contributed by atoms with Crippen LogP contribution in [0.3, 0.4) is 0 Å². The largest absolute Gasteiger partial charge is 0.480 e. The second kappa shape index (κ2) is 6.02. The SMILES string of the molecule is Cc1noc(CCCC(=O)N(C2CC2)C(C)C(=O)O)n1. The Morgan fingerprint density at radius 1 is 1.50 bits per heavy atom. The molecule has 1 fully saturated rings. The minimum atomic E-state index is -0.960. The first kappa shape index (κ1) is 14.5. The van der Waals surface area contributed by atoms with Crippen LogP contribution >= 0.6 is 0 Å². The number of amides is 1. The molecule has 1 N–H and O–H groups in total. The molecule has 1 atom stereocenters. The Labute approximate surface area is 117 Å². The molecule has 0 bridgehead atoms. The van der Waals surface area contributed by atoms with Gasteiger partial charge in [-0.1, -0.05) is 5.16 Å². The van der Waals surface area contributed by atoms with Crippen LogP contribution in [0.15, 0.2) is 4.52 Å². The lowest BCUT2D eigenvalue weighted by molar-refractivity contribution is -0.150. The van der Waals surface area contributed by atoms with Crippen LogP contribution in [0.5, 0.6) is 0 Å². The van der Waals surface area contributed by atoms with Crippen molar-refractivity contribution in [3.05, 3.63) is 11.7 Å². The van der Waals surface area contributed by atoms with Crippen molar-refractivity contribution in [1.82, 2.24) is 15.0 Å². The minimum Gasteiger partial charge on any atom is -0.480 e. The smallest absolute Gasteiger partial charge is 0.326 e. The van der Waals surface area contributed by atoms with Gasteiger partial charge in [-0.3, -0.25) is 4.79 Å². The Hall–Kier alpha value is -1.92. The minimum absolute atomic E-state index is 0.0965. The summed E-state index contributed by atoms with van der Waals surface area (Å²) in [5.41, 5.74) is 0. The van der Waals surface area contributed by atoms with Crippen molar-refractivity contribution < 1.29 is 19.2 Å². The van der Waals surface area contributed by atoms with E-state index in [0.717, 1.165) is 12.8 Å². The van der Waals surface area contributed by atoms with Gasteiger partial charge in [0.15, 0.2) is 5.82 Å². The van der Waals surface area contributed by atoms with Gasteiger partial charge in [-0.25, -0.2) is 4.79 Å². The van der Waals surface area contributed by atoms with Crippen LogP contribution in [0.1, 0.15) is 44.3 Å². The number of rotatable bonds is 7. The number of carbonyl (C=O) groups is 2. The fourth-order valence-electron chi connectivity index (χ4n) is 2.17. The van der Waals surface area contributed by atoms with E-state index in [9.17, 15) is 9.59 Å². The second-order valence-electron chi connectivity index (χ2n) is 5.14. The number of hydrogen-bond acceptors (Lipinski definition) is 5. The first-order valence-electron chi connectivity index (χ1n) is 6.82. The number of aryl methyl sites for hydroxylation is 2. The molecular formula is C13H19N3O4. The zero-order valence-electron chi connectivity index (χ0n) is 11.7. The lowest BCUT2D eigenvalue weighted by Crippen LogP contribution is -2.44. The zero-order chi connectivity index (χ0) is 14.7. The molecule has 1 aromatic rings.